The summed E-state index contributed by atoms with van der Waals surface area (Å²) in [5.41, 5.74) is 2.62. The van der Waals surface area contributed by atoms with Crippen molar-refractivity contribution in [3.8, 4) is 11.5 Å². The summed E-state index contributed by atoms with van der Waals surface area (Å²) in [6.45, 7) is 6.59. The predicted octanol–water partition coefficient (Wildman–Crippen LogP) is 8.21. The highest BCUT2D eigenvalue weighted by Gasteiger charge is 2.28. The molecule has 0 saturated heterocycles. The van der Waals surface area contributed by atoms with Gasteiger partial charge in [0, 0.05) is 17.1 Å². The van der Waals surface area contributed by atoms with Gasteiger partial charge in [-0.3, -0.25) is 9.59 Å². The van der Waals surface area contributed by atoms with Crippen LogP contribution in [-0.4, -0.2) is 28.0 Å². The lowest BCUT2D eigenvalue weighted by atomic mass is 9.82. The van der Waals surface area contributed by atoms with Gasteiger partial charge in [-0.05, 0) is 77.8 Å². The molecule has 2 fully saturated rings. The zero-order chi connectivity index (χ0) is 29.0. The first-order valence-electron chi connectivity index (χ1n) is 15.4. The third-order valence-corrected chi connectivity index (χ3v) is 8.96. The van der Waals surface area contributed by atoms with E-state index < -0.39 is 5.97 Å². The number of nitrogens with zero attached hydrogens (tertiary/aromatic N) is 1. The Hall–Kier alpha value is -3.41. The van der Waals surface area contributed by atoms with E-state index in [4.69, 9.17) is 9.72 Å². The maximum absolute atomic E-state index is 13.5. The fraction of sp³-hybridized carbons (Fsp3) is 0.514. The molecule has 218 valence electrons. The standard InChI is InChI=1S/C35H44N2O4/c1-35(2,3)26-14-17-27(18-15-26)41-28-16-13-25-20-32(36-31(29(25)21-28)19-23-9-7-8-10-23)34(40)37-30(22-33(38)39)24-11-5-4-6-12-24/h13-18,20-21,23-24,30H,4-12,19,22H2,1-3H3,(H,37,40)(H,38,39). The first kappa shape index (κ1) is 29.1. The van der Waals surface area contributed by atoms with E-state index in [1.54, 1.807) is 0 Å². The van der Waals surface area contributed by atoms with Gasteiger partial charge in [0.05, 0.1) is 6.42 Å². The molecule has 5 rings (SSSR count). The second kappa shape index (κ2) is 12.6. The SMILES string of the molecule is CC(C)(C)c1ccc(Oc2ccc3cc(C(=O)NC(CC(=O)O)C4CCCCC4)nc(CC4CCCC4)c3c2)cc1. The summed E-state index contributed by atoms with van der Waals surface area (Å²) in [4.78, 5) is 30.1. The van der Waals surface area contributed by atoms with E-state index in [1.165, 1.54) is 37.7 Å². The monoisotopic (exact) mass is 556 g/mol. The first-order valence-corrected chi connectivity index (χ1v) is 15.4. The maximum Gasteiger partial charge on any atom is 0.305 e. The molecule has 2 aliphatic rings. The number of nitrogens with one attached hydrogen (secondary N) is 1. The molecule has 41 heavy (non-hydrogen) atoms. The molecule has 0 bridgehead atoms. The summed E-state index contributed by atoms with van der Waals surface area (Å²) >= 11 is 0. The van der Waals surface area contributed by atoms with Crippen molar-refractivity contribution >= 4 is 22.6 Å². The molecule has 0 aliphatic heterocycles. The number of carbonyl (C=O) groups is 2. The van der Waals surface area contributed by atoms with Crippen molar-refractivity contribution in [3.05, 3.63) is 65.5 Å². The van der Waals surface area contributed by atoms with Crippen LogP contribution in [0, 0.1) is 11.8 Å². The van der Waals surface area contributed by atoms with Gasteiger partial charge in [-0.2, -0.15) is 0 Å². The normalized spacial score (nSPS) is 17.4. The highest BCUT2D eigenvalue weighted by molar-refractivity contribution is 5.98. The van der Waals surface area contributed by atoms with Crippen LogP contribution in [0.2, 0.25) is 0 Å². The van der Waals surface area contributed by atoms with Crippen molar-refractivity contribution < 1.29 is 19.4 Å². The smallest absolute Gasteiger partial charge is 0.305 e. The number of hydrogen-bond acceptors (Lipinski definition) is 4. The summed E-state index contributed by atoms with van der Waals surface area (Å²) in [7, 11) is 0. The molecular formula is C35H44N2O4. The lowest BCUT2D eigenvalue weighted by Gasteiger charge is -2.30. The molecule has 1 heterocycles. The molecular weight excluding hydrogens is 512 g/mol. The van der Waals surface area contributed by atoms with Crippen molar-refractivity contribution in [1.29, 1.82) is 0 Å². The number of aromatic nitrogens is 1. The molecule has 2 aromatic carbocycles. The molecule has 2 N–H and O–H groups in total. The summed E-state index contributed by atoms with van der Waals surface area (Å²) in [6.07, 6.45) is 10.9. The average molecular weight is 557 g/mol. The largest absolute Gasteiger partial charge is 0.481 e. The van der Waals surface area contributed by atoms with Gasteiger partial charge in [0.15, 0.2) is 0 Å². The zero-order valence-electron chi connectivity index (χ0n) is 24.7. The van der Waals surface area contributed by atoms with Crippen molar-refractivity contribution in [3.63, 3.8) is 0 Å². The van der Waals surface area contributed by atoms with Crippen LogP contribution in [0.4, 0.5) is 0 Å². The van der Waals surface area contributed by atoms with Crippen LogP contribution in [0.1, 0.15) is 107 Å². The van der Waals surface area contributed by atoms with Crippen molar-refractivity contribution in [1.82, 2.24) is 10.3 Å². The predicted molar refractivity (Wildman–Crippen MR) is 163 cm³/mol. The Balaban J connectivity index is 1.42. The Morgan fingerprint density at radius 2 is 1.59 bits per heavy atom. The van der Waals surface area contributed by atoms with Gasteiger partial charge in [0.2, 0.25) is 0 Å². The Labute approximate surface area is 243 Å². The number of carboxylic acids is 1. The van der Waals surface area contributed by atoms with Gasteiger partial charge < -0.3 is 15.2 Å². The van der Waals surface area contributed by atoms with E-state index in [9.17, 15) is 14.7 Å². The summed E-state index contributed by atoms with van der Waals surface area (Å²) in [5, 5.41) is 14.6. The molecule has 1 unspecified atom stereocenters. The van der Waals surface area contributed by atoms with E-state index in [0.29, 0.717) is 11.6 Å². The fourth-order valence-corrected chi connectivity index (χ4v) is 6.58. The molecule has 0 spiro atoms. The van der Waals surface area contributed by atoms with Crippen LogP contribution in [0.15, 0.2) is 48.5 Å². The van der Waals surface area contributed by atoms with Crippen LogP contribution >= 0.6 is 0 Å². The molecule has 1 aromatic heterocycles. The van der Waals surface area contributed by atoms with Gasteiger partial charge in [-0.1, -0.05) is 83.9 Å². The van der Waals surface area contributed by atoms with Crippen molar-refractivity contribution in [2.75, 3.05) is 0 Å². The maximum atomic E-state index is 13.5. The summed E-state index contributed by atoms with van der Waals surface area (Å²) < 4.78 is 6.25. The summed E-state index contributed by atoms with van der Waals surface area (Å²) in [5.74, 6) is 1.11. The Bertz CT molecular complexity index is 1360. The van der Waals surface area contributed by atoms with Crippen LogP contribution < -0.4 is 10.1 Å². The Morgan fingerprint density at radius 3 is 2.24 bits per heavy atom. The third kappa shape index (κ3) is 7.46. The minimum Gasteiger partial charge on any atom is -0.481 e. The van der Waals surface area contributed by atoms with E-state index in [2.05, 4.69) is 38.2 Å². The highest BCUT2D eigenvalue weighted by Crippen LogP contribution is 2.34. The number of amides is 1. The third-order valence-electron chi connectivity index (χ3n) is 8.96. The number of aliphatic carboxylic acids is 1. The molecule has 2 aliphatic carbocycles. The molecule has 6 nitrogen and oxygen atoms in total. The molecule has 2 saturated carbocycles. The minimum atomic E-state index is -0.880. The Kier molecular flexibility index (Phi) is 8.96. The van der Waals surface area contributed by atoms with Crippen LogP contribution in [0.5, 0.6) is 11.5 Å². The lowest BCUT2D eigenvalue weighted by molar-refractivity contribution is -0.137. The number of benzene rings is 2. The van der Waals surface area contributed by atoms with Crippen molar-refractivity contribution in [2.24, 2.45) is 11.8 Å². The molecule has 6 heteroatoms. The number of carbonyl (C=O) groups excluding carboxylic acids is 1. The zero-order valence-corrected chi connectivity index (χ0v) is 24.7. The summed E-state index contributed by atoms with van der Waals surface area (Å²) in [6, 6.07) is 15.7. The number of hydrogen-bond donors (Lipinski definition) is 2. The van der Waals surface area contributed by atoms with Crippen LogP contribution in [0.3, 0.4) is 0 Å². The molecule has 3 aromatic rings. The van der Waals surface area contributed by atoms with Gasteiger partial charge in [0.25, 0.3) is 5.91 Å². The van der Waals surface area contributed by atoms with Gasteiger partial charge in [-0.15, -0.1) is 0 Å². The van der Waals surface area contributed by atoms with E-state index in [-0.39, 0.29) is 29.7 Å². The number of carboxylic acid groups (broad SMARTS) is 1. The van der Waals surface area contributed by atoms with Gasteiger partial charge in [0.1, 0.15) is 17.2 Å². The fourth-order valence-electron chi connectivity index (χ4n) is 6.58. The van der Waals surface area contributed by atoms with Crippen LogP contribution in [0.25, 0.3) is 10.8 Å². The highest BCUT2D eigenvalue weighted by atomic mass is 16.5. The number of pyridine rings is 1. The second-order valence-corrected chi connectivity index (χ2v) is 13.1. The van der Waals surface area contributed by atoms with E-state index >= 15 is 0 Å². The average Bonchev–Trinajstić information content (AvgIpc) is 3.46. The Morgan fingerprint density at radius 1 is 0.927 bits per heavy atom. The number of ether oxygens (including phenoxy) is 1. The number of rotatable bonds is 9. The van der Waals surface area contributed by atoms with E-state index in [0.717, 1.165) is 60.1 Å². The topological polar surface area (TPSA) is 88.5 Å². The van der Waals surface area contributed by atoms with Gasteiger partial charge in [-0.25, -0.2) is 4.98 Å². The lowest BCUT2D eigenvalue weighted by Crippen LogP contribution is -2.42. The molecule has 0 radical (unpaired) electrons. The quantitative estimate of drug-likeness (QED) is 0.277. The first-order chi connectivity index (χ1) is 19.7. The number of fused-ring (bicyclic) bond motifs is 1. The van der Waals surface area contributed by atoms with Gasteiger partial charge >= 0.3 is 5.97 Å². The van der Waals surface area contributed by atoms with Crippen LogP contribution in [-0.2, 0) is 16.6 Å². The second-order valence-electron chi connectivity index (χ2n) is 13.1. The van der Waals surface area contributed by atoms with E-state index in [1.807, 2.05) is 36.4 Å². The van der Waals surface area contributed by atoms with Crippen molar-refractivity contribution in [2.45, 2.75) is 103 Å². The molecule has 1 atom stereocenters. The minimum absolute atomic E-state index is 0.0592. The molecule has 1 amide bonds.